The van der Waals surface area contributed by atoms with Crippen LogP contribution in [0.5, 0.6) is 0 Å². The van der Waals surface area contributed by atoms with Gasteiger partial charge in [0.1, 0.15) is 0 Å². The van der Waals surface area contributed by atoms with Crippen LogP contribution in [0.4, 0.5) is 0 Å². The molecule has 1 heterocycles. The lowest BCUT2D eigenvalue weighted by molar-refractivity contribution is 0.424. The molecule has 108 valence electrons. The predicted molar refractivity (Wildman–Crippen MR) is 86.6 cm³/mol. The van der Waals surface area contributed by atoms with Gasteiger partial charge >= 0.3 is 0 Å². The molecular weight excluding hydrogens is 291 g/mol. The lowest BCUT2D eigenvalue weighted by Crippen LogP contribution is -2.34. The third-order valence-corrected chi connectivity index (χ3v) is 3.75. The molecule has 0 aliphatic heterocycles. The minimum atomic E-state index is 0.119. The van der Waals surface area contributed by atoms with Crippen molar-refractivity contribution in [2.75, 3.05) is 0 Å². The molecule has 0 atom stereocenters. The van der Waals surface area contributed by atoms with Crippen molar-refractivity contribution in [3.05, 3.63) is 57.8 Å². The quantitative estimate of drug-likeness (QED) is 0.863. The molecule has 0 bridgehead atoms. The van der Waals surface area contributed by atoms with E-state index in [1.54, 1.807) is 0 Å². The lowest BCUT2D eigenvalue weighted by atomic mass is 10.1. The third-order valence-electron chi connectivity index (χ3n) is 3.04. The minimum Gasteiger partial charge on any atom is -0.349 e. The zero-order chi connectivity index (χ0) is 14.8. The second-order valence-electron chi connectivity index (χ2n) is 6.00. The Balaban J connectivity index is 2.06. The van der Waals surface area contributed by atoms with Gasteiger partial charge in [0, 0.05) is 46.6 Å². The molecular formula is C16H20Cl2N2. The molecule has 0 amide bonds. The van der Waals surface area contributed by atoms with Crippen LogP contribution in [0.3, 0.4) is 0 Å². The van der Waals surface area contributed by atoms with Crippen molar-refractivity contribution in [1.82, 2.24) is 9.88 Å². The molecule has 4 heteroatoms. The SMILES string of the molecule is CC(C)(C)NCc1ccn(Cc2c(Cl)cccc2Cl)c1. The summed E-state index contributed by atoms with van der Waals surface area (Å²) in [5.41, 5.74) is 2.33. The highest BCUT2D eigenvalue weighted by Crippen LogP contribution is 2.25. The molecule has 0 spiro atoms. The van der Waals surface area contributed by atoms with Gasteiger partial charge in [-0.3, -0.25) is 0 Å². The summed E-state index contributed by atoms with van der Waals surface area (Å²) in [5, 5.41) is 4.89. The van der Waals surface area contributed by atoms with Crippen LogP contribution in [0.25, 0.3) is 0 Å². The summed E-state index contributed by atoms with van der Waals surface area (Å²) < 4.78 is 2.10. The largest absolute Gasteiger partial charge is 0.349 e. The zero-order valence-corrected chi connectivity index (χ0v) is 13.6. The normalized spacial score (nSPS) is 11.8. The molecule has 0 aliphatic carbocycles. The van der Waals surface area contributed by atoms with E-state index in [1.165, 1.54) is 5.56 Å². The Morgan fingerprint density at radius 2 is 1.75 bits per heavy atom. The van der Waals surface area contributed by atoms with Crippen molar-refractivity contribution in [3.63, 3.8) is 0 Å². The fourth-order valence-electron chi connectivity index (χ4n) is 1.93. The average molecular weight is 311 g/mol. The number of hydrogen-bond donors (Lipinski definition) is 1. The molecule has 1 aromatic carbocycles. The second kappa shape index (κ2) is 6.21. The topological polar surface area (TPSA) is 17.0 Å². The Morgan fingerprint density at radius 1 is 1.10 bits per heavy atom. The van der Waals surface area contributed by atoms with Crippen LogP contribution in [0, 0.1) is 0 Å². The number of benzene rings is 1. The van der Waals surface area contributed by atoms with E-state index < -0.39 is 0 Å². The molecule has 20 heavy (non-hydrogen) atoms. The van der Waals surface area contributed by atoms with Gasteiger partial charge in [-0.05, 0) is 44.5 Å². The first kappa shape index (κ1) is 15.4. The molecule has 0 aliphatic rings. The standard InChI is InChI=1S/C16H20Cl2N2/c1-16(2,3)19-9-12-7-8-20(10-12)11-13-14(17)5-4-6-15(13)18/h4-8,10,19H,9,11H2,1-3H3. The Bertz CT molecular complexity index is 562. The van der Waals surface area contributed by atoms with Crippen molar-refractivity contribution < 1.29 is 0 Å². The zero-order valence-electron chi connectivity index (χ0n) is 12.1. The Hall–Kier alpha value is -0.960. The van der Waals surface area contributed by atoms with E-state index >= 15 is 0 Å². The van der Waals surface area contributed by atoms with Crippen molar-refractivity contribution in [3.8, 4) is 0 Å². The molecule has 2 rings (SSSR count). The Labute approximate surface area is 130 Å². The number of halogens is 2. The van der Waals surface area contributed by atoms with Gasteiger partial charge in [-0.25, -0.2) is 0 Å². The van der Waals surface area contributed by atoms with E-state index in [0.717, 1.165) is 12.1 Å². The summed E-state index contributed by atoms with van der Waals surface area (Å²) >= 11 is 12.4. The van der Waals surface area contributed by atoms with Crippen LogP contribution in [0.2, 0.25) is 10.0 Å². The Morgan fingerprint density at radius 3 is 2.35 bits per heavy atom. The van der Waals surface area contributed by atoms with Crippen LogP contribution in [0.1, 0.15) is 31.9 Å². The van der Waals surface area contributed by atoms with E-state index in [9.17, 15) is 0 Å². The molecule has 2 nitrogen and oxygen atoms in total. The summed E-state index contributed by atoms with van der Waals surface area (Å²) in [4.78, 5) is 0. The molecule has 0 unspecified atom stereocenters. The maximum atomic E-state index is 6.20. The molecule has 0 saturated heterocycles. The van der Waals surface area contributed by atoms with Crippen LogP contribution >= 0.6 is 23.2 Å². The van der Waals surface area contributed by atoms with Crippen LogP contribution in [-0.4, -0.2) is 10.1 Å². The molecule has 0 saturated carbocycles. The highest BCUT2D eigenvalue weighted by molar-refractivity contribution is 6.35. The van der Waals surface area contributed by atoms with Gasteiger partial charge in [0.05, 0.1) is 0 Å². The first-order valence-electron chi connectivity index (χ1n) is 6.68. The second-order valence-corrected chi connectivity index (χ2v) is 6.81. The van der Waals surface area contributed by atoms with Crippen LogP contribution < -0.4 is 5.32 Å². The van der Waals surface area contributed by atoms with Gasteiger partial charge in [0.15, 0.2) is 0 Å². The van der Waals surface area contributed by atoms with Crippen LogP contribution in [0.15, 0.2) is 36.7 Å². The van der Waals surface area contributed by atoms with Gasteiger partial charge in [0.2, 0.25) is 0 Å². The van der Waals surface area contributed by atoms with Gasteiger partial charge < -0.3 is 9.88 Å². The number of nitrogens with zero attached hydrogens (tertiary/aromatic N) is 1. The maximum Gasteiger partial charge on any atom is 0.0499 e. The van der Waals surface area contributed by atoms with E-state index in [1.807, 2.05) is 18.2 Å². The van der Waals surface area contributed by atoms with Gasteiger partial charge in [0.25, 0.3) is 0 Å². The van der Waals surface area contributed by atoms with Crippen molar-refractivity contribution >= 4 is 23.2 Å². The van der Waals surface area contributed by atoms with Crippen molar-refractivity contribution in [2.24, 2.45) is 0 Å². The first-order valence-corrected chi connectivity index (χ1v) is 7.43. The summed E-state index contributed by atoms with van der Waals surface area (Å²) in [7, 11) is 0. The van der Waals surface area contributed by atoms with E-state index in [-0.39, 0.29) is 5.54 Å². The Kier molecular flexibility index (Phi) is 4.79. The summed E-state index contributed by atoms with van der Waals surface area (Å²) in [6, 6.07) is 7.72. The smallest absolute Gasteiger partial charge is 0.0499 e. The number of aromatic nitrogens is 1. The highest BCUT2D eigenvalue weighted by Gasteiger charge is 2.10. The highest BCUT2D eigenvalue weighted by atomic mass is 35.5. The van der Waals surface area contributed by atoms with E-state index in [2.05, 4.69) is 49.1 Å². The predicted octanol–water partition coefficient (Wildman–Crippen LogP) is 4.73. The van der Waals surface area contributed by atoms with Gasteiger partial charge in [-0.2, -0.15) is 0 Å². The molecule has 0 fully saturated rings. The molecule has 1 aromatic heterocycles. The average Bonchev–Trinajstić information content (AvgIpc) is 2.79. The number of rotatable bonds is 4. The lowest BCUT2D eigenvalue weighted by Gasteiger charge is -2.19. The van der Waals surface area contributed by atoms with E-state index in [0.29, 0.717) is 16.6 Å². The van der Waals surface area contributed by atoms with Crippen LogP contribution in [-0.2, 0) is 13.1 Å². The fraction of sp³-hybridized carbons (Fsp3) is 0.375. The summed E-state index contributed by atoms with van der Waals surface area (Å²) in [6.07, 6.45) is 4.18. The first-order chi connectivity index (χ1) is 9.35. The monoisotopic (exact) mass is 310 g/mol. The fourth-order valence-corrected chi connectivity index (χ4v) is 2.44. The number of hydrogen-bond acceptors (Lipinski definition) is 1. The number of nitrogens with one attached hydrogen (secondary N) is 1. The van der Waals surface area contributed by atoms with Gasteiger partial charge in [-0.1, -0.05) is 29.3 Å². The minimum absolute atomic E-state index is 0.119. The van der Waals surface area contributed by atoms with E-state index in [4.69, 9.17) is 23.2 Å². The van der Waals surface area contributed by atoms with Crippen molar-refractivity contribution in [1.29, 1.82) is 0 Å². The molecule has 0 radical (unpaired) electrons. The summed E-state index contributed by atoms with van der Waals surface area (Å²) in [6.45, 7) is 8.02. The maximum absolute atomic E-state index is 6.20. The summed E-state index contributed by atoms with van der Waals surface area (Å²) in [5.74, 6) is 0. The van der Waals surface area contributed by atoms with Gasteiger partial charge in [-0.15, -0.1) is 0 Å². The third kappa shape index (κ3) is 4.27. The molecule has 1 N–H and O–H groups in total. The molecule has 2 aromatic rings. The van der Waals surface area contributed by atoms with Crippen molar-refractivity contribution in [2.45, 2.75) is 39.4 Å².